The van der Waals surface area contributed by atoms with Crippen LogP contribution in [0.3, 0.4) is 0 Å². The van der Waals surface area contributed by atoms with Crippen LogP contribution in [-0.4, -0.2) is 49.1 Å². The summed E-state index contributed by atoms with van der Waals surface area (Å²) in [5.41, 5.74) is 8.12. The minimum Gasteiger partial charge on any atom is -0.495 e. The molecule has 2 heterocycles. The molecule has 6 nitrogen and oxygen atoms in total. The summed E-state index contributed by atoms with van der Waals surface area (Å²) in [6, 6.07) is 9.23. The van der Waals surface area contributed by atoms with Crippen molar-refractivity contribution in [2.45, 2.75) is 0 Å². The largest absolute Gasteiger partial charge is 0.495 e. The van der Waals surface area contributed by atoms with Gasteiger partial charge >= 0.3 is 0 Å². The van der Waals surface area contributed by atoms with Crippen molar-refractivity contribution in [1.29, 1.82) is 0 Å². The molecule has 0 radical (unpaired) electrons. The van der Waals surface area contributed by atoms with Crippen molar-refractivity contribution in [2.75, 3.05) is 43.9 Å². The van der Waals surface area contributed by atoms with Crippen molar-refractivity contribution in [2.24, 2.45) is 0 Å². The number of nitrogens with two attached hydrogens (primary N) is 1. The molecule has 3 rings (SSSR count). The van der Waals surface area contributed by atoms with E-state index in [4.69, 9.17) is 10.5 Å². The number of benzene rings is 1. The zero-order valence-corrected chi connectivity index (χ0v) is 13.1. The Balaban J connectivity index is 1.68. The fourth-order valence-electron chi connectivity index (χ4n) is 2.78. The van der Waals surface area contributed by atoms with E-state index in [0.29, 0.717) is 24.3 Å². The standard InChI is InChI=1S/C17H20N4O2/c1-23-16-11-14(18)4-5-15(16)20-7-9-21(10-8-20)17(22)13-3-2-6-19-12-13/h2-6,11-12H,7-10,18H2,1H3. The predicted octanol–water partition coefficient (Wildman–Crippen LogP) is 1.63. The Morgan fingerprint density at radius 2 is 2.00 bits per heavy atom. The van der Waals surface area contributed by atoms with Crippen molar-refractivity contribution in [3.8, 4) is 5.75 Å². The third kappa shape index (κ3) is 3.21. The van der Waals surface area contributed by atoms with Gasteiger partial charge in [0.05, 0.1) is 18.4 Å². The van der Waals surface area contributed by atoms with E-state index in [1.807, 2.05) is 23.1 Å². The molecule has 2 aromatic rings. The number of carbonyl (C=O) groups is 1. The molecule has 1 fully saturated rings. The minimum absolute atomic E-state index is 0.0296. The van der Waals surface area contributed by atoms with Gasteiger partial charge in [-0.25, -0.2) is 0 Å². The molecule has 120 valence electrons. The van der Waals surface area contributed by atoms with E-state index in [2.05, 4.69) is 9.88 Å². The third-order valence-electron chi connectivity index (χ3n) is 4.02. The number of rotatable bonds is 3. The molecule has 2 N–H and O–H groups in total. The normalized spacial score (nSPS) is 14.7. The van der Waals surface area contributed by atoms with Crippen LogP contribution in [0.2, 0.25) is 0 Å². The smallest absolute Gasteiger partial charge is 0.255 e. The van der Waals surface area contributed by atoms with Crippen LogP contribution in [0.15, 0.2) is 42.7 Å². The zero-order valence-electron chi connectivity index (χ0n) is 13.1. The number of piperazine rings is 1. The molecule has 1 aromatic heterocycles. The molecule has 1 amide bonds. The Hall–Kier alpha value is -2.76. The molecule has 1 aliphatic heterocycles. The van der Waals surface area contributed by atoms with Crippen LogP contribution in [0, 0.1) is 0 Å². The summed E-state index contributed by atoms with van der Waals surface area (Å²) in [5.74, 6) is 0.791. The van der Waals surface area contributed by atoms with E-state index in [-0.39, 0.29) is 5.91 Å². The molecule has 1 saturated heterocycles. The lowest BCUT2D eigenvalue weighted by atomic mass is 10.2. The molecular weight excluding hydrogens is 292 g/mol. The molecule has 0 atom stereocenters. The minimum atomic E-state index is 0.0296. The second kappa shape index (κ2) is 6.56. The molecule has 0 spiro atoms. The molecule has 0 aliphatic carbocycles. The number of hydrogen-bond acceptors (Lipinski definition) is 5. The van der Waals surface area contributed by atoms with E-state index >= 15 is 0 Å². The molecule has 23 heavy (non-hydrogen) atoms. The van der Waals surface area contributed by atoms with Gasteiger partial charge in [-0.3, -0.25) is 9.78 Å². The summed E-state index contributed by atoms with van der Waals surface area (Å²) < 4.78 is 5.41. The van der Waals surface area contributed by atoms with E-state index in [9.17, 15) is 4.79 Å². The van der Waals surface area contributed by atoms with Gasteiger partial charge in [-0.15, -0.1) is 0 Å². The Morgan fingerprint density at radius 1 is 1.22 bits per heavy atom. The Labute approximate surface area is 135 Å². The number of anilines is 2. The van der Waals surface area contributed by atoms with Gasteiger partial charge < -0.3 is 20.3 Å². The number of methoxy groups -OCH3 is 1. The lowest BCUT2D eigenvalue weighted by Crippen LogP contribution is -2.48. The van der Waals surface area contributed by atoms with Gasteiger partial charge in [0.15, 0.2) is 0 Å². The number of hydrogen-bond donors (Lipinski definition) is 1. The summed E-state index contributed by atoms with van der Waals surface area (Å²) in [6.45, 7) is 2.85. The number of carbonyl (C=O) groups excluding carboxylic acids is 1. The molecule has 6 heteroatoms. The molecule has 1 aromatic carbocycles. The highest BCUT2D eigenvalue weighted by Crippen LogP contribution is 2.31. The predicted molar refractivity (Wildman–Crippen MR) is 89.8 cm³/mol. The van der Waals surface area contributed by atoms with Crippen LogP contribution in [0.4, 0.5) is 11.4 Å². The van der Waals surface area contributed by atoms with E-state index in [1.54, 1.807) is 31.6 Å². The zero-order chi connectivity index (χ0) is 16.2. The monoisotopic (exact) mass is 312 g/mol. The van der Waals surface area contributed by atoms with Gasteiger partial charge in [0, 0.05) is 50.3 Å². The first-order valence-electron chi connectivity index (χ1n) is 7.57. The Bertz CT molecular complexity index is 682. The van der Waals surface area contributed by atoms with E-state index in [0.717, 1.165) is 24.5 Å². The Kier molecular flexibility index (Phi) is 4.32. The lowest BCUT2D eigenvalue weighted by molar-refractivity contribution is 0.0746. The topological polar surface area (TPSA) is 71.7 Å². The molecule has 0 saturated carbocycles. The van der Waals surface area contributed by atoms with Gasteiger partial charge in [-0.05, 0) is 24.3 Å². The fourth-order valence-corrected chi connectivity index (χ4v) is 2.78. The first kappa shape index (κ1) is 15.1. The summed E-state index contributed by atoms with van der Waals surface area (Å²) in [7, 11) is 1.64. The van der Waals surface area contributed by atoms with Crippen molar-refractivity contribution in [3.63, 3.8) is 0 Å². The van der Waals surface area contributed by atoms with Crippen LogP contribution < -0.4 is 15.4 Å². The average molecular weight is 312 g/mol. The maximum atomic E-state index is 12.4. The quantitative estimate of drug-likeness (QED) is 0.872. The maximum Gasteiger partial charge on any atom is 0.255 e. The number of pyridine rings is 1. The summed E-state index contributed by atoms with van der Waals surface area (Å²) >= 11 is 0. The summed E-state index contributed by atoms with van der Waals surface area (Å²) in [6.07, 6.45) is 3.28. The third-order valence-corrected chi connectivity index (χ3v) is 4.02. The first-order chi connectivity index (χ1) is 11.2. The van der Waals surface area contributed by atoms with E-state index in [1.165, 1.54) is 0 Å². The Morgan fingerprint density at radius 3 is 2.65 bits per heavy atom. The van der Waals surface area contributed by atoms with Gasteiger partial charge in [-0.1, -0.05) is 0 Å². The second-order valence-electron chi connectivity index (χ2n) is 5.45. The highest BCUT2D eigenvalue weighted by molar-refractivity contribution is 5.94. The van der Waals surface area contributed by atoms with Crippen LogP contribution >= 0.6 is 0 Å². The number of nitrogens with zero attached hydrogens (tertiary/aromatic N) is 3. The molecular formula is C17H20N4O2. The summed E-state index contributed by atoms with van der Waals surface area (Å²) in [5, 5.41) is 0. The molecule has 0 unspecified atom stereocenters. The first-order valence-corrected chi connectivity index (χ1v) is 7.57. The highest BCUT2D eigenvalue weighted by atomic mass is 16.5. The van der Waals surface area contributed by atoms with Crippen LogP contribution in [-0.2, 0) is 0 Å². The van der Waals surface area contributed by atoms with Gasteiger partial charge in [0.25, 0.3) is 5.91 Å². The van der Waals surface area contributed by atoms with Crippen LogP contribution in [0.5, 0.6) is 5.75 Å². The van der Waals surface area contributed by atoms with Crippen molar-refractivity contribution in [1.82, 2.24) is 9.88 Å². The number of aromatic nitrogens is 1. The average Bonchev–Trinajstić information content (AvgIpc) is 2.62. The molecule has 0 bridgehead atoms. The second-order valence-corrected chi connectivity index (χ2v) is 5.45. The fraction of sp³-hybridized carbons (Fsp3) is 0.294. The van der Waals surface area contributed by atoms with E-state index < -0.39 is 0 Å². The highest BCUT2D eigenvalue weighted by Gasteiger charge is 2.23. The van der Waals surface area contributed by atoms with Crippen LogP contribution in [0.1, 0.15) is 10.4 Å². The van der Waals surface area contributed by atoms with Gasteiger partial charge in [0.1, 0.15) is 5.75 Å². The maximum absolute atomic E-state index is 12.4. The molecule has 1 aliphatic rings. The lowest BCUT2D eigenvalue weighted by Gasteiger charge is -2.36. The van der Waals surface area contributed by atoms with Crippen molar-refractivity contribution >= 4 is 17.3 Å². The number of nitrogen functional groups attached to an aromatic ring is 1. The number of ether oxygens (including phenoxy) is 1. The van der Waals surface area contributed by atoms with Crippen molar-refractivity contribution < 1.29 is 9.53 Å². The summed E-state index contributed by atoms with van der Waals surface area (Å²) in [4.78, 5) is 20.5. The van der Waals surface area contributed by atoms with Crippen molar-refractivity contribution in [3.05, 3.63) is 48.3 Å². The van der Waals surface area contributed by atoms with Crippen LogP contribution in [0.25, 0.3) is 0 Å². The SMILES string of the molecule is COc1cc(N)ccc1N1CCN(C(=O)c2cccnc2)CC1. The number of amides is 1. The van der Waals surface area contributed by atoms with Gasteiger partial charge in [-0.2, -0.15) is 0 Å². The van der Waals surface area contributed by atoms with Gasteiger partial charge in [0.2, 0.25) is 0 Å².